The minimum Gasteiger partial charge on any atom is -0.481 e. The first-order valence-corrected chi connectivity index (χ1v) is 4.78. The number of nitrogens with zero attached hydrogens (tertiary/aromatic N) is 4. The van der Waals surface area contributed by atoms with E-state index in [1.165, 1.54) is 6.26 Å². The molecule has 0 saturated carbocycles. The van der Waals surface area contributed by atoms with Crippen molar-refractivity contribution < 1.29 is 14.3 Å². The smallest absolute Gasteiger partial charge is 0.303 e. The molecule has 0 aromatic carbocycles. The lowest BCUT2D eigenvalue weighted by Gasteiger charge is -2.00. The predicted molar refractivity (Wildman–Crippen MR) is 52.4 cm³/mol. The average molecular weight is 222 g/mol. The maximum Gasteiger partial charge on any atom is 0.303 e. The van der Waals surface area contributed by atoms with E-state index in [-0.39, 0.29) is 6.42 Å². The van der Waals surface area contributed by atoms with Crippen LogP contribution in [0.3, 0.4) is 0 Å². The first-order chi connectivity index (χ1) is 7.77. The summed E-state index contributed by atoms with van der Waals surface area (Å²) in [5.74, 6) is -0.239. The summed E-state index contributed by atoms with van der Waals surface area (Å²) in [6, 6.07) is 1.75. The number of hydrogen-bond acceptors (Lipinski definition) is 5. The standard InChI is InChI=1S/C9H10N4O3/c14-8(15)2-1-4-13-9(10-11-12-13)7-3-5-16-6-7/h3,5-6H,1-2,4H2,(H,14,15). The van der Waals surface area contributed by atoms with Crippen molar-refractivity contribution in [2.75, 3.05) is 0 Å². The Kier molecular flexibility index (Phi) is 2.95. The highest BCUT2D eigenvalue weighted by Gasteiger charge is 2.09. The summed E-state index contributed by atoms with van der Waals surface area (Å²) in [5, 5.41) is 19.7. The van der Waals surface area contributed by atoms with Gasteiger partial charge in [0, 0.05) is 13.0 Å². The van der Waals surface area contributed by atoms with Crippen LogP contribution in [0.4, 0.5) is 0 Å². The number of hydrogen-bond donors (Lipinski definition) is 1. The number of furan rings is 1. The highest BCUT2D eigenvalue weighted by Crippen LogP contribution is 2.15. The fourth-order valence-corrected chi connectivity index (χ4v) is 1.33. The Hall–Kier alpha value is -2.18. The van der Waals surface area contributed by atoms with Crippen molar-refractivity contribution in [3.63, 3.8) is 0 Å². The van der Waals surface area contributed by atoms with E-state index in [1.54, 1.807) is 17.0 Å². The Morgan fingerprint density at radius 1 is 1.56 bits per heavy atom. The van der Waals surface area contributed by atoms with Gasteiger partial charge in [0.25, 0.3) is 0 Å². The molecule has 0 spiro atoms. The average Bonchev–Trinajstić information content (AvgIpc) is 2.84. The fraction of sp³-hybridized carbons (Fsp3) is 0.333. The summed E-state index contributed by atoms with van der Waals surface area (Å²) >= 11 is 0. The van der Waals surface area contributed by atoms with Crippen molar-refractivity contribution in [3.8, 4) is 11.4 Å². The lowest BCUT2D eigenvalue weighted by Crippen LogP contribution is -2.05. The summed E-state index contributed by atoms with van der Waals surface area (Å²) in [6.07, 6.45) is 3.67. The molecule has 0 aliphatic heterocycles. The van der Waals surface area contributed by atoms with Crippen LogP contribution < -0.4 is 0 Å². The molecule has 2 aromatic rings. The van der Waals surface area contributed by atoms with Crippen molar-refractivity contribution in [2.45, 2.75) is 19.4 Å². The van der Waals surface area contributed by atoms with E-state index < -0.39 is 5.97 Å². The molecule has 0 fully saturated rings. The Balaban J connectivity index is 2.05. The van der Waals surface area contributed by atoms with E-state index in [2.05, 4.69) is 15.5 Å². The molecule has 0 radical (unpaired) electrons. The van der Waals surface area contributed by atoms with Crippen LogP contribution in [0.2, 0.25) is 0 Å². The molecule has 0 amide bonds. The molecule has 0 aliphatic rings. The zero-order valence-electron chi connectivity index (χ0n) is 8.41. The number of carboxylic acid groups (broad SMARTS) is 1. The number of aliphatic carboxylic acids is 1. The third kappa shape index (κ3) is 2.25. The molecular weight excluding hydrogens is 212 g/mol. The second-order valence-electron chi connectivity index (χ2n) is 3.23. The van der Waals surface area contributed by atoms with E-state index in [4.69, 9.17) is 9.52 Å². The van der Waals surface area contributed by atoms with E-state index in [9.17, 15) is 4.79 Å². The molecule has 84 valence electrons. The van der Waals surface area contributed by atoms with Crippen molar-refractivity contribution in [3.05, 3.63) is 18.6 Å². The number of aromatic nitrogens is 4. The number of aryl methyl sites for hydroxylation is 1. The molecule has 7 nitrogen and oxygen atoms in total. The molecule has 7 heteroatoms. The molecular formula is C9H10N4O3. The minimum atomic E-state index is -0.821. The molecule has 16 heavy (non-hydrogen) atoms. The second-order valence-corrected chi connectivity index (χ2v) is 3.23. The summed E-state index contributed by atoms with van der Waals surface area (Å²) in [4.78, 5) is 10.4. The topological polar surface area (TPSA) is 94.0 Å². The van der Waals surface area contributed by atoms with Gasteiger partial charge >= 0.3 is 5.97 Å². The van der Waals surface area contributed by atoms with E-state index in [0.29, 0.717) is 18.8 Å². The van der Waals surface area contributed by atoms with E-state index in [1.807, 2.05) is 0 Å². The maximum absolute atomic E-state index is 10.4. The summed E-state index contributed by atoms with van der Waals surface area (Å²) in [7, 11) is 0. The van der Waals surface area contributed by atoms with Gasteiger partial charge in [-0.05, 0) is 22.9 Å². The van der Waals surface area contributed by atoms with E-state index >= 15 is 0 Å². The van der Waals surface area contributed by atoms with Crippen molar-refractivity contribution >= 4 is 5.97 Å². The zero-order chi connectivity index (χ0) is 11.4. The maximum atomic E-state index is 10.4. The second kappa shape index (κ2) is 4.56. The largest absolute Gasteiger partial charge is 0.481 e. The SMILES string of the molecule is O=C(O)CCCn1nnnc1-c1ccoc1. The number of carboxylic acids is 1. The van der Waals surface area contributed by atoms with Gasteiger partial charge in [0.05, 0.1) is 11.8 Å². The normalized spacial score (nSPS) is 10.5. The van der Waals surface area contributed by atoms with Crippen molar-refractivity contribution in [1.82, 2.24) is 20.2 Å². The van der Waals surface area contributed by atoms with Gasteiger partial charge in [-0.25, -0.2) is 4.68 Å². The molecule has 0 bridgehead atoms. The Morgan fingerprint density at radius 3 is 3.12 bits per heavy atom. The van der Waals surface area contributed by atoms with Crippen LogP contribution in [-0.2, 0) is 11.3 Å². The molecule has 2 aromatic heterocycles. The van der Waals surface area contributed by atoms with Gasteiger partial charge in [0.15, 0.2) is 5.82 Å². The van der Waals surface area contributed by atoms with Crippen LogP contribution in [0, 0.1) is 0 Å². The lowest BCUT2D eigenvalue weighted by molar-refractivity contribution is -0.137. The van der Waals surface area contributed by atoms with Crippen LogP contribution in [0.25, 0.3) is 11.4 Å². The minimum absolute atomic E-state index is 0.102. The van der Waals surface area contributed by atoms with Crippen LogP contribution >= 0.6 is 0 Å². The fourth-order valence-electron chi connectivity index (χ4n) is 1.33. The molecule has 0 unspecified atom stereocenters. The Bertz CT molecular complexity index is 463. The molecule has 2 rings (SSSR count). The molecule has 2 heterocycles. The first-order valence-electron chi connectivity index (χ1n) is 4.78. The summed E-state index contributed by atoms with van der Waals surface area (Å²) < 4.78 is 6.50. The van der Waals surface area contributed by atoms with Gasteiger partial charge in [-0.3, -0.25) is 4.79 Å². The van der Waals surface area contributed by atoms with Gasteiger partial charge in [-0.15, -0.1) is 5.10 Å². The summed E-state index contributed by atoms with van der Waals surface area (Å²) in [5.41, 5.74) is 0.778. The zero-order valence-corrected chi connectivity index (χ0v) is 8.41. The van der Waals surface area contributed by atoms with Gasteiger partial charge in [-0.1, -0.05) is 0 Å². The van der Waals surface area contributed by atoms with Crippen LogP contribution in [-0.4, -0.2) is 31.3 Å². The van der Waals surface area contributed by atoms with Gasteiger partial charge in [0.2, 0.25) is 0 Å². The quantitative estimate of drug-likeness (QED) is 0.803. The Labute approximate surface area is 90.7 Å². The highest BCUT2D eigenvalue weighted by molar-refractivity contribution is 5.66. The molecule has 0 atom stereocenters. The third-order valence-electron chi connectivity index (χ3n) is 2.07. The van der Waals surface area contributed by atoms with Gasteiger partial charge in [-0.2, -0.15) is 0 Å². The number of rotatable bonds is 5. The van der Waals surface area contributed by atoms with Crippen molar-refractivity contribution in [1.29, 1.82) is 0 Å². The molecule has 0 aliphatic carbocycles. The summed E-state index contributed by atoms with van der Waals surface area (Å²) in [6.45, 7) is 0.472. The van der Waals surface area contributed by atoms with Crippen LogP contribution in [0.15, 0.2) is 23.0 Å². The van der Waals surface area contributed by atoms with Crippen molar-refractivity contribution in [2.24, 2.45) is 0 Å². The van der Waals surface area contributed by atoms with Gasteiger partial charge < -0.3 is 9.52 Å². The third-order valence-corrected chi connectivity index (χ3v) is 2.07. The number of carbonyl (C=O) groups is 1. The predicted octanol–water partition coefficient (Wildman–Crippen LogP) is 0.798. The molecule has 0 saturated heterocycles. The first kappa shape index (κ1) is 10.3. The molecule has 1 N–H and O–H groups in total. The Morgan fingerprint density at radius 2 is 2.44 bits per heavy atom. The lowest BCUT2D eigenvalue weighted by atomic mass is 10.3. The highest BCUT2D eigenvalue weighted by atomic mass is 16.4. The number of tetrazole rings is 1. The van der Waals surface area contributed by atoms with E-state index in [0.717, 1.165) is 5.56 Å². The van der Waals surface area contributed by atoms with Gasteiger partial charge in [0.1, 0.15) is 6.26 Å². The monoisotopic (exact) mass is 222 g/mol. The van der Waals surface area contributed by atoms with Crippen LogP contribution in [0.5, 0.6) is 0 Å². The van der Waals surface area contributed by atoms with Crippen LogP contribution in [0.1, 0.15) is 12.8 Å².